The van der Waals surface area contributed by atoms with Crippen LogP contribution in [0.5, 0.6) is 11.6 Å². The summed E-state index contributed by atoms with van der Waals surface area (Å²) in [5, 5.41) is 13.0. The molecule has 0 spiro atoms. The van der Waals surface area contributed by atoms with E-state index in [4.69, 9.17) is 15.2 Å². The van der Waals surface area contributed by atoms with Gasteiger partial charge >= 0.3 is 0 Å². The van der Waals surface area contributed by atoms with Crippen LogP contribution in [0.2, 0.25) is 0 Å². The van der Waals surface area contributed by atoms with Crippen LogP contribution in [-0.2, 0) is 13.0 Å². The van der Waals surface area contributed by atoms with Gasteiger partial charge in [0.2, 0.25) is 5.88 Å². The molecule has 2 aromatic rings. The second-order valence-electron chi connectivity index (χ2n) is 6.03. The van der Waals surface area contributed by atoms with Gasteiger partial charge in [-0.1, -0.05) is 6.07 Å². The van der Waals surface area contributed by atoms with Crippen molar-refractivity contribution in [1.82, 2.24) is 10.3 Å². The maximum atomic E-state index is 12.3. The molecule has 0 bridgehead atoms. The van der Waals surface area contributed by atoms with Gasteiger partial charge < -0.3 is 25.6 Å². The summed E-state index contributed by atoms with van der Waals surface area (Å²) in [7, 11) is 1.61. The highest BCUT2D eigenvalue weighted by Crippen LogP contribution is 2.19. The number of hydrogen-bond acceptors (Lipinski definition) is 6. The number of aliphatic hydroxyl groups is 1. The number of nitrogens with one attached hydrogen (secondary N) is 1. The molecular formula is C20H27N3O4. The summed E-state index contributed by atoms with van der Waals surface area (Å²) in [6, 6.07) is 9.05. The zero-order valence-electron chi connectivity index (χ0n) is 15.8. The summed E-state index contributed by atoms with van der Waals surface area (Å²) < 4.78 is 10.6. The van der Waals surface area contributed by atoms with Crippen molar-refractivity contribution in [3.63, 3.8) is 0 Å². The second kappa shape index (κ2) is 10.5. The SMILES string of the molecule is CCOc1ncccc1C(=O)NCC(O)CCc1ccc(OC)cc1CN. The van der Waals surface area contributed by atoms with Crippen molar-refractivity contribution in [3.05, 3.63) is 53.2 Å². The molecule has 2 rings (SSSR count). The molecule has 0 saturated heterocycles. The van der Waals surface area contributed by atoms with E-state index in [1.54, 1.807) is 25.4 Å². The molecule has 0 fully saturated rings. The van der Waals surface area contributed by atoms with E-state index in [1.807, 2.05) is 25.1 Å². The highest BCUT2D eigenvalue weighted by molar-refractivity contribution is 5.96. The number of rotatable bonds is 10. The van der Waals surface area contributed by atoms with Gasteiger partial charge in [-0.3, -0.25) is 4.79 Å². The van der Waals surface area contributed by atoms with E-state index in [0.29, 0.717) is 31.6 Å². The number of aliphatic hydroxyl groups excluding tert-OH is 1. The lowest BCUT2D eigenvalue weighted by atomic mass is 10.0. The van der Waals surface area contributed by atoms with E-state index in [2.05, 4.69) is 10.3 Å². The van der Waals surface area contributed by atoms with Gasteiger partial charge in [-0.2, -0.15) is 0 Å². The average Bonchev–Trinajstić information content (AvgIpc) is 2.70. The molecule has 0 aliphatic carbocycles. The smallest absolute Gasteiger partial charge is 0.256 e. The Morgan fingerprint density at radius 1 is 1.33 bits per heavy atom. The van der Waals surface area contributed by atoms with E-state index < -0.39 is 6.10 Å². The first kappa shape index (κ1) is 20.7. The molecule has 1 heterocycles. The number of nitrogens with two attached hydrogens (primary N) is 1. The van der Waals surface area contributed by atoms with Crippen LogP contribution in [0.4, 0.5) is 0 Å². The summed E-state index contributed by atoms with van der Waals surface area (Å²) in [4.78, 5) is 16.4. The molecule has 27 heavy (non-hydrogen) atoms. The Bertz CT molecular complexity index is 752. The molecule has 1 amide bonds. The molecule has 7 heteroatoms. The molecule has 1 aromatic heterocycles. The first-order chi connectivity index (χ1) is 13.1. The lowest BCUT2D eigenvalue weighted by Gasteiger charge is -2.15. The Labute approximate surface area is 159 Å². The number of benzene rings is 1. The van der Waals surface area contributed by atoms with E-state index >= 15 is 0 Å². The highest BCUT2D eigenvalue weighted by atomic mass is 16.5. The maximum Gasteiger partial charge on any atom is 0.256 e. The van der Waals surface area contributed by atoms with E-state index in [9.17, 15) is 9.90 Å². The first-order valence-corrected chi connectivity index (χ1v) is 8.99. The predicted molar refractivity (Wildman–Crippen MR) is 103 cm³/mol. The number of amides is 1. The fourth-order valence-corrected chi connectivity index (χ4v) is 2.71. The van der Waals surface area contributed by atoms with Crippen LogP contribution in [0.3, 0.4) is 0 Å². The number of ether oxygens (including phenoxy) is 2. The topological polar surface area (TPSA) is 107 Å². The quantitative estimate of drug-likeness (QED) is 0.585. The first-order valence-electron chi connectivity index (χ1n) is 8.99. The molecule has 1 atom stereocenters. The molecule has 0 aliphatic rings. The van der Waals surface area contributed by atoms with Gasteiger partial charge in [-0.15, -0.1) is 0 Å². The summed E-state index contributed by atoms with van der Waals surface area (Å²) >= 11 is 0. The van der Waals surface area contributed by atoms with Crippen LogP contribution < -0.4 is 20.5 Å². The normalized spacial score (nSPS) is 11.7. The van der Waals surface area contributed by atoms with Crippen LogP contribution in [0.1, 0.15) is 34.8 Å². The number of aromatic nitrogens is 1. The fraction of sp³-hybridized carbons (Fsp3) is 0.400. The summed E-state index contributed by atoms with van der Waals surface area (Å²) in [5.74, 6) is 0.726. The van der Waals surface area contributed by atoms with Crippen molar-refractivity contribution in [2.24, 2.45) is 5.73 Å². The molecule has 0 saturated carbocycles. The molecule has 0 radical (unpaired) electrons. The molecule has 146 valence electrons. The van der Waals surface area contributed by atoms with Crippen LogP contribution in [0.25, 0.3) is 0 Å². The average molecular weight is 373 g/mol. The number of hydrogen-bond donors (Lipinski definition) is 3. The van der Waals surface area contributed by atoms with Gasteiger partial charge in [0.25, 0.3) is 5.91 Å². The van der Waals surface area contributed by atoms with Gasteiger partial charge in [0.15, 0.2) is 0 Å². The highest BCUT2D eigenvalue weighted by Gasteiger charge is 2.15. The zero-order chi connectivity index (χ0) is 19.6. The van der Waals surface area contributed by atoms with Gasteiger partial charge in [0, 0.05) is 19.3 Å². The van der Waals surface area contributed by atoms with Crippen LogP contribution in [-0.4, -0.2) is 42.4 Å². The Kier molecular flexibility index (Phi) is 8.03. The van der Waals surface area contributed by atoms with Crippen molar-refractivity contribution in [2.75, 3.05) is 20.3 Å². The molecule has 0 aliphatic heterocycles. The predicted octanol–water partition coefficient (Wildman–Crippen LogP) is 1.67. The van der Waals surface area contributed by atoms with Gasteiger partial charge in [0.05, 0.1) is 19.8 Å². The molecule has 4 N–H and O–H groups in total. The molecule has 7 nitrogen and oxygen atoms in total. The van der Waals surface area contributed by atoms with Crippen molar-refractivity contribution in [1.29, 1.82) is 0 Å². The molecular weight excluding hydrogens is 346 g/mol. The lowest BCUT2D eigenvalue weighted by molar-refractivity contribution is 0.0906. The number of pyridine rings is 1. The lowest BCUT2D eigenvalue weighted by Crippen LogP contribution is -2.32. The Morgan fingerprint density at radius 2 is 2.15 bits per heavy atom. The minimum atomic E-state index is -0.672. The van der Waals surface area contributed by atoms with Crippen molar-refractivity contribution < 1.29 is 19.4 Å². The minimum absolute atomic E-state index is 0.146. The van der Waals surface area contributed by atoms with E-state index in [1.165, 1.54) is 0 Å². The van der Waals surface area contributed by atoms with Crippen molar-refractivity contribution in [3.8, 4) is 11.6 Å². The monoisotopic (exact) mass is 373 g/mol. The third-order valence-corrected chi connectivity index (χ3v) is 4.18. The van der Waals surface area contributed by atoms with Crippen LogP contribution in [0.15, 0.2) is 36.5 Å². The molecule has 1 unspecified atom stereocenters. The second-order valence-corrected chi connectivity index (χ2v) is 6.03. The number of methoxy groups -OCH3 is 1. The summed E-state index contributed by atoms with van der Waals surface area (Å²) in [5.41, 5.74) is 8.20. The summed E-state index contributed by atoms with van der Waals surface area (Å²) in [6.07, 6.45) is 2.06. The van der Waals surface area contributed by atoms with Crippen LogP contribution in [0, 0.1) is 0 Å². The largest absolute Gasteiger partial charge is 0.497 e. The third-order valence-electron chi connectivity index (χ3n) is 4.18. The number of carbonyl (C=O) groups excluding carboxylic acids is 1. The Balaban J connectivity index is 1.88. The third kappa shape index (κ3) is 5.94. The van der Waals surface area contributed by atoms with Gasteiger partial charge in [-0.05, 0) is 55.2 Å². The Morgan fingerprint density at radius 3 is 2.85 bits per heavy atom. The minimum Gasteiger partial charge on any atom is -0.497 e. The number of carbonyl (C=O) groups is 1. The van der Waals surface area contributed by atoms with Crippen molar-refractivity contribution >= 4 is 5.91 Å². The van der Waals surface area contributed by atoms with Gasteiger partial charge in [-0.25, -0.2) is 4.98 Å². The van der Waals surface area contributed by atoms with Crippen LogP contribution >= 0.6 is 0 Å². The number of aryl methyl sites for hydroxylation is 1. The number of nitrogens with zero attached hydrogens (tertiary/aromatic N) is 1. The molecule has 1 aromatic carbocycles. The summed E-state index contributed by atoms with van der Waals surface area (Å²) in [6.45, 7) is 2.80. The fourth-order valence-electron chi connectivity index (χ4n) is 2.71. The standard InChI is InChI=1S/C20H27N3O4/c1-3-27-20-18(5-4-10-22-20)19(25)23-13-16(24)8-6-14-7-9-17(26-2)11-15(14)12-21/h4-5,7,9-11,16,24H,3,6,8,12-13,21H2,1-2H3,(H,23,25). The van der Waals surface area contributed by atoms with Crippen molar-refractivity contribution in [2.45, 2.75) is 32.4 Å². The van der Waals surface area contributed by atoms with E-state index in [-0.39, 0.29) is 18.3 Å². The zero-order valence-corrected chi connectivity index (χ0v) is 15.8. The van der Waals surface area contributed by atoms with E-state index in [0.717, 1.165) is 16.9 Å². The van der Waals surface area contributed by atoms with Gasteiger partial charge in [0.1, 0.15) is 11.3 Å². The maximum absolute atomic E-state index is 12.3. The Hall–Kier alpha value is -2.64.